The maximum atomic E-state index is 7.17. The third-order valence-corrected chi connectivity index (χ3v) is 12.4. The summed E-state index contributed by atoms with van der Waals surface area (Å²) in [5.74, 6) is 0.894. The van der Waals surface area contributed by atoms with Gasteiger partial charge < -0.3 is 9.32 Å². The molecule has 2 aliphatic rings. The van der Waals surface area contributed by atoms with Gasteiger partial charge in [-0.15, -0.1) is 11.3 Å². The number of fused-ring (bicyclic) bond motifs is 11. The van der Waals surface area contributed by atoms with Gasteiger partial charge in [0.15, 0.2) is 0 Å². The lowest BCUT2D eigenvalue weighted by Crippen LogP contribution is -2.61. The molecule has 0 fully saturated rings. The number of rotatable bonds is 3. The van der Waals surface area contributed by atoms with Gasteiger partial charge >= 0.3 is 0 Å². The van der Waals surface area contributed by atoms with Crippen LogP contribution in [0, 0.1) is 0 Å². The van der Waals surface area contributed by atoms with Crippen LogP contribution in [0.15, 0.2) is 180 Å². The zero-order chi connectivity index (χ0) is 34.6. The molecule has 53 heavy (non-hydrogen) atoms. The normalized spacial score (nSPS) is 13.2. The molecular weight excluding hydrogens is 663 g/mol. The number of nitrogens with zero attached hydrogens (tertiary/aromatic N) is 2. The van der Waals surface area contributed by atoms with Gasteiger partial charge in [0, 0.05) is 59.2 Å². The van der Waals surface area contributed by atoms with Crippen molar-refractivity contribution in [2.75, 3.05) is 9.80 Å². The van der Waals surface area contributed by atoms with Crippen molar-refractivity contribution >= 4 is 111 Å². The van der Waals surface area contributed by atoms with Crippen molar-refractivity contribution in [3.63, 3.8) is 0 Å². The molecule has 4 heterocycles. The quantitative estimate of drug-likeness (QED) is 0.172. The summed E-state index contributed by atoms with van der Waals surface area (Å²) < 4.78 is 9.75. The highest BCUT2D eigenvalue weighted by molar-refractivity contribution is 7.27. The summed E-state index contributed by atoms with van der Waals surface area (Å²) in [7, 11) is 0. The predicted octanol–water partition coefficient (Wildman–Crippen LogP) is 11.7. The van der Waals surface area contributed by atoms with Crippen LogP contribution >= 0.6 is 11.3 Å². The lowest BCUT2D eigenvalue weighted by Gasteiger charge is -2.42. The van der Waals surface area contributed by atoms with E-state index in [1.54, 1.807) is 0 Å². The van der Waals surface area contributed by atoms with Gasteiger partial charge in [0.05, 0.1) is 5.69 Å². The second-order valence-corrected chi connectivity index (χ2v) is 15.1. The first-order chi connectivity index (χ1) is 26.3. The standard InChI is InChI=1S/C48H29BN2OS/c1-2-13-30(14-3-1)32-17-10-18-33(29-32)50-39-22-8-7-21-37(39)49-45-40(50)24-12-25-41(45)51(38-23-11-16-31-15-4-5-19-34(31)38)48-46(49)44-42(52-48)28-27-36-35-20-6-9-26-43(35)53-47(36)44/h1-29H. The molecule has 10 aromatic rings. The second-order valence-electron chi connectivity index (χ2n) is 14.0. The van der Waals surface area contributed by atoms with E-state index < -0.39 is 0 Å². The first kappa shape index (κ1) is 29.1. The van der Waals surface area contributed by atoms with E-state index in [4.69, 9.17) is 4.42 Å². The van der Waals surface area contributed by atoms with E-state index in [0.717, 1.165) is 28.5 Å². The smallest absolute Gasteiger partial charge is 0.257 e. The van der Waals surface area contributed by atoms with Gasteiger partial charge in [0.25, 0.3) is 6.71 Å². The van der Waals surface area contributed by atoms with Gasteiger partial charge in [-0.1, -0.05) is 121 Å². The van der Waals surface area contributed by atoms with Crippen LogP contribution in [0.2, 0.25) is 0 Å². The lowest BCUT2D eigenvalue weighted by atomic mass is 9.33. The summed E-state index contributed by atoms with van der Waals surface area (Å²) >= 11 is 1.87. The molecule has 2 aliphatic heterocycles. The van der Waals surface area contributed by atoms with Crippen molar-refractivity contribution in [3.05, 3.63) is 176 Å². The molecule has 3 nitrogen and oxygen atoms in total. The fourth-order valence-electron chi connectivity index (χ4n) is 9.04. The van der Waals surface area contributed by atoms with Crippen molar-refractivity contribution in [2.45, 2.75) is 0 Å². The Balaban J connectivity index is 1.20. The first-order valence-electron chi connectivity index (χ1n) is 18.1. The Bertz CT molecular complexity index is 3100. The van der Waals surface area contributed by atoms with Crippen LogP contribution in [-0.4, -0.2) is 6.71 Å². The molecule has 2 aromatic heterocycles. The summed E-state index contributed by atoms with van der Waals surface area (Å²) in [6, 6.07) is 63.9. The average molecular weight is 693 g/mol. The Morgan fingerprint density at radius 1 is 0.472 bits per heavy atom. The molecule has 0 N–H and O–H groups in total. The van der Waals surface area contributed by atoms with Crippen LogP contribution in [0.25, 0.3) is 53.0 Å². The number of furan rings is 1. The highest BCUT2D eigenvalue weighted by Gasteiger charge is 2.46. The van der Waals surface area contributed by atoms with Crippen molar-refractivity contribution in [3.8, 4) is 11.1 Å². The van der Waals surface area contributed by atoms with E-state index in [0.29, 0.717) is 0 Å². The molecule has 0 atom stereocenters. The molecule has 0 bridgehead atoms. The minimum atomic E-state index is -0.0377. The van der Waals surface area contributed by atoms with Crippen LogP contribution in [0.5, 0.6) is 0 Å². The molecule has 0 saturated heterocycles. The van der Waals surface area contributed by atoms with Gasteiger partial charge in [-0.25, -0.2) is 0 Å². The minimum absolute atomic E-state index is 0.0377. The molecule has 8 aromatic carbocycles. The van der Waals surface area contributed by atoms with Gasteiger partial charge in [0.1, 0.15) is 5.58 Å². The van der Waals surface area contributed by atoms with Crippen LogP contribution in [-0.2, 0) is 0 Å². The largest absolute Gasteiger partial charge is 0.440 e. The highest BCUT2D eigenvalue weighted by Crippen LogP contribution is 2.49. The van der Waals surface area contributed by atoms with Crippen LogP contribution in [0.3, 0.4) is 0 Å². The lowest BCUT2D eigenvalue weighted by molar-refractivity contribution is 0.623. The Kier molecular flexibility index (Phi) is 6.02. The Morgan fingerprint density at radius 3 is 2.08 bits per heavy atom. The van der Waals surface area contributed by atoms with Gasteiger partial charge in [-0.2, -0.15) is 0 Å². The van der Waals surface area contributed by atoms with Gasteiger partial charge in [0.2, 0.25) is 5.88 Å². The maximum absolute atomic E-state index is 7.17. The van der Waals surface area contributed by atoms with Crippen LogP contribution in [0.1, 0.15) is 0 Å². The van der Waals surface area contributed by atoms with Crippen LogP contribution in [0.4, 0.5) is 34.3 Å². The number of hydrogen-bond donors (Lipinski definition) is 0. The summed E-state index contributed by atoms with van der Waals surface area (Å²) in [4.78, 5) is 4.87. The molecule has 0 amide bonds. The SMILES string of the molecule is c1ccc(-c2cccc(N3c4ccccc4B4c5c3cccc5N(c3cccc5ccccc35)c3oc5ccc6c7ccccc7sc6c5c34)c2)cc1. The third-order valence-electron chi connectivity index (χ3n) is 11.2. The molecule has 0 saturated carbocycles. The monoisotopic (exact) mass is 692 g/mol. The molecular formula is C48H29BN2OS. The highest BCUT2D eigenvalue weighted by atomic mass is 32.1. The zero-order valence-electron chi connectivity index (χ0n) is 28.5. The number of anilines is 6. The van der Waals surface area contributed by atoms with E-state index in [1.807, 2.05) is 11.3 Å². The third kappa shape index (κ3) is 4.05. The van der Waals surface area contributed by atoms with Gasteiger partial charge in [-0.05, 0) is 82.0 Å². The minimum Gasteiger partial charge on any atom is -0.440 e. The predicted molar refractivity (Wildman–Crippen MR) is 226 cm³/mol. The van der Waals surface area contributed by atoms with E-state index in [2.05, 4.69) is 186 Å². The molecule has 0 aliphatic carbocycles. The van der Waals surface area contributed by atoms with Crippen molar-refractivity contribution in [1.82, 2.24) is 0 Å². The average Bonchev–Trinajstić information content (AvgIpc) is 3.80. The molecule has 0 radical (unpaired) electrons. The topological polar surface area (TPSA) is 19.6 Å². The first-order valence-corrected chi connectivity index (χ1v) is 19.0. The fourth-order valence-corrected chi connectivity index (χ4v) is 10.3. The zero-order valence-corrected chi connectivity index (χ0v) is 29.3. The second kappa shape index (κ2) is 11.0. The van der Waals surface area contributed by atoms with Crippen LogP contribution < -0.4 is 26.2 Å². The van der Waals surface area contributed by atoms with E-state index in [9.17, 15) is 0 Å². The van der Waals surface area contributed by atoms with Gasteiger partial charge in [-0.3, -0.25) is 4.90 Å². The van der Waals surface area contributed by atoms with E-state index >= 15 is 0 Å². The molecule has 5 heteroatoms. The Hall–Kier alpha value is -6.56. The van der Waals surface area contributed by atoms with E-state index in [-0.39, 0.29) is 6.71 Å². The number of para-hydroxylation sites is 1. The summed E-state index contributed by atoms with van der Waals surface area (Å²) in [5.41, 5.74) is 12.9. The molecule has 12 rings (SSSR count). The summed E-state index contributed by atoms with van der Waals surface area (Å²) in [6.07, 6.45) is 0. The summed E-state index contributed by atoms with van der Waals surface area (Å²) in [6.45, 7) is -0.0377. The fraction of sp³-hybridized carbons (Fsp3) is 0. The van der Waals surface area contributed by atoms with Crippen molar-refractivity contribution in [2.24, 2.45) is 0 Å². The van der Waals surface area contributed by atoms with Crippen molar-refractivity contribution in [1.29, 1.82) is 0 Å². The Morgan fingerprint density at radius 2 is 1.15 bits per heavy atom. The molecule has 246 valence electrons. The summed E-state index contributed by atoms with van der Waals surface area (Å²) in [5, 5.41) is 6.17. The maximum Gasteiger partial charge on any atom is 0.257 e. The molecule has 0 spiro atoms. The van der Waals surface area contributed by atoms with Crippen molar-refractivity contribution < 1.29 is 4.42 Å². The van der Waals surface area contributed by atoms with E-state index in [1.165, 1.54) is 75.2 Å². The number of benzene rings is 8. The number of hydrogen-bond acceptors (Lipinski definition) is 4. The molecule has 0 unspecified atom stereocenters. The Labute approximate surface area is 310 Å². The number of thiophene rings is 1.